The molecular formula is C10H14N2O. The predicted molar refractivity (Wildman–Crippen MR) is 52.3 cm³/mol. The van der Waals surface area contributed by atoms with Crippen LogP contribution in [-0.2, 0) is 11.2 Å². The van der Waals surface area contributed by atoms with Gasteiger partial charge in [-0.25, -0.2) is 4.98 Å². The predicted octanol–water partition coefficient (Wildman–Crippen LogP) is 1.58. The van der Waals surface area contributed by atoms with Gasteiger partial charge in [0.15, 0.2) is 0 Å². The van der Waals surface area contributed by atoms with Gasteiger partial charge < -0.3 is 5.73 Å². The molecule has 3 heteroatoms. The number of carbonyl (C=O) groups is 1. The van der Waals surface area contributed by atoms with Crippen LogP contribution in [0.5, 0.6) is 0 Å². The van der Waals surface area contributed by atoms with Gasteiger partial charge in [-0.3, -0.25) is 4.79 Å². The zero-order valence-electron chi connectivity index (χ0n) is 7.79. The van der Waals surface area contributed by atoms with E-state index in [-0.39, 0.29) is 5.78 Å². The lowest BCUT2D eigenvalue weighted by Gasteiger charge is -1.99. The van der Waals surface area contributed by atoms with Crippen molar-refractivity contribution < 1.29 is 4.79 Å². The van der Waals surface area contributed by atoms with Gasteiger partial charge in [0.2, 0.25) is 0 Å². The molecule has 0 aliphatic heterocycles. The molecule has 0 radical (unpaired) electrons. The van der Waals surface area contributed by atoms with Gasteiger partial charge in [0.05, 0.1) is 0 Å². The van der Waals surface area contributed by atoms with Crippen molar-refractivity contribution in [2.75, 3.05) is 5.73 Å². The maximum Gasteiger partial charge on any atom is 0.132 e. The van der Waals surface area contributed by atoms with E-state index in [9.17, 15) is 4.79 Å². The summed E-state index contributed by atoms with van der Waals surface area (Å²) in [4.78, 5) is 15.0. The second-order valence-corrected chi connectivity index (χ2v) is 2.98. The standard InChI is InChI=1S/C10H14N2O/c1-2-9(13)5-3-8-4-6-10(11)12-7-8/h4,6-7H,2-3,5H2,1H3,(H2,11,12). The molecule has 0 amide bonds. The Kier molecular flexibility index (Phi) is 3.43. The molecule has 1 aromatic heterocycles. The number of hydrogen-bond acceptors (Lipinski definition) is 3. The Morgan fingerprint density at radius 3 is 2.85 bits per heavy atom. The van der Waals surface area contributed by atoms with Crippen LogP contribution in [0.25, 0.3) is 0 Å². The number of aryl methyl sites for hydroxylation is 1. The van der Waals surface area contributed by atoms with Crippen molar-refractivity contribution in [1.29, 1.82) is 0 Å². The van der Waals surface area contributed by atoms with Gasteiger partial charge >= 0.3 is 0 Å². The zero-order chi connectivity index (χ0) is 9.68. The number of ketones is 1. The minimum atomic E-state index is 0.289. The number of hydrogen-bond donors (Lipinski definition) is 1. The fourth-order valence-electron chi connectivity index (χ4n) is 1.04. The molecule has 0 bridgehead atoms. The van der Waals surface area contributed by atoms with Gasteiger partial charge in [0.25, 0.3) is 0 Å². The number of rotatable bonds is 4. The second-order valence-electron chi connectivity index (χ2n) is 2.98. The Balaban J connectivity index is 2.46. The monoisotopic (exact) mass is 178 g/mol. The third-order valence-corrected chi connectivity index (χ3v) is 1.93. The molecule has 1 rings (SSSR count). The molecule has 3 nitrogen and oxygen atoms in total. The van der Waals surface area contributed by atoms with Crippen molar-refractivity contribution in [2.45, 2.75) is 26.2 Å². The fourth-order valence-corrected chi connectivity index (χ4v) is 1.04. The highest BCUT2D eigenvalue weighted by Crippen LogP contribution is 2.05. The fraction of sp³-hybridized carbons (Fsp3) is 0.400. The first-order chi connectivity index (χ1) is 6.22. The number of Topliss-reactive ketones (excluding diaryl/α,β-unsaturated/α-hetero) is 1. The molecule has 1 heterocycles. The summed E-state index contributed by atoms with van der Waals surface area (Å²) in [5.74, 6) is 0.808. The van der Waals surface area contributed by atoms with E-state index in [4.69, 9.17) is 5.73 Å². The van der Waals surface area contributed by atoms with Crippen molar-refractivity contribution >= 4 is 11.6 Å². The summed E-state index contributed by atoms with van der Waals surface area (Å²) in [6.45, 7) is 1.88. The van der Waals surface area contributed by atoms with Crippen LogP contribution < -0.4 is 5.73 Å². The summed E-state index contributed by atoms with van der Waals surface area (Å²) in [5.41, 5.74) is 6.50. The quantitative estimate of drug-likeness (QED) is 0.761. The molecule has 0 spiro atoms. The van der Waals surface area contributed by atoms with Crippen molar-refractivity contribution in [3.63, 3.8) is 0 Å². The normalized spacial score (nSPS) is 9.92. The first-order valence-electron chi connectivity index (χ1n) is 4.44. The third kappa shape index (κ3) is 3.23. The van der Waals surface area contributed by atoms with E-state index in [2.05, 4.69) is 4.98 Å². The first-order valence-corrected chi connectivity index (χ1v) is 4.44. The van der Waals surface area contributed by atoms with Crippen LogP contribution in [0.4, 0.5) is 5.82 Å². The SMILES string of the molecule is CCC(=O)CCc1ccc(N)nc1. The summed E-state index contributed by atoms with van der Waals surface area (Å²) in [7, 11) is 0. The molecule has 0 unspecified atom stereocenters. The summed E-state index contributed by atoms with van der Waals surface area (Å²) in [5, 5.41) is 0. The number of carbonyl (C=O) groups excluding carboxylic acids is 1. The van der Waals surface area contributed by atoms with Gasteiger partial charge in [0.1, 0.15) is 11.6 Å². The van der Waals surface area contributed by atoms with Crippen LogP contribution >= 0.6 is 0 Å². The molecule has 70 valence electrons. The molecule has 0 fully saturated rings. The number of anilines is 1. The number of nitrogens with zero attached hydrogens (tertiary/aromatic N) is 1. The van der Waals surface area contributed by atoms with E-state index in [1.54, 1.807) is 12.3 Å². The summed E-state index contributed by atoms with van der Waals surface area (Å²) >= 11 is 0. The lowest BCUT2D eigenvalue weighted by atomic mass is 10.1. The Morgan fingerprint density at radius 1 is 1.54 bits per heavy atom. The highest BCUT2D eigenvalue weighted by molar-refractivity contribution is 5.78. The lowest BCUT2D eigenvalue weighted by molar-refractivity contribution is -0.118. The Bertz CT molecular complexity index is 279. The van der Waals surface area contributed by atoms with Crippen molar-refractivity contribution in [3.8, 4) is 0 Å². The van der Waals surface area contributed by atoms with Gasteiger partial charge in [-0.1, -0.05) is 13.0 Å². The minimum Gasteiger partial charge on any atom is -0.384 e. The second kappa shape index (κ2) is 4.60. The van der Waals surface area contributed by atoms with E-state index >= 15 is 0 Å². The van der Waals surface area contributed by atoms with Crippen LogP contribution in [-0.4, -0.2) is 10.8 Å². The highest BCUT2D eigenvalue weighted by Gasteiger charge is 1.99. The van der Waals surface area contributed by atoms with Crippen LogP contribution in [0.1, 0.15) is 25.3 Å². The molecule has 0 saturated carbocycles. The van der Waals surface area contributed by atoms with E-state index in [0.29, 0.717) is 18.7 Å². The van der Waals surface area contributed by atoms with Crippen molar-refractivity contribution in [2.24, 2.45) is 0 Å². The summed E-state index contributed by atoms with van der Waals surface area (Å²) < 4.78 is 0. The molecule has 0 atom stereocenters. The third-order valence-electron chi connectivity index (χ3n) is 1.93. The molecule has 0 aliphatic rings. The van der Waals surface area contributed by atoms with Crippen molar-refractivity contribution in [3.05, 3.63) is 23.9 Å². The molecule has 13 heavy (non-hydrogen) atoms. The van der Waals surface area contributed by atoms with E-state index in [1.165, 1.54) is 0 Å². The number of pyridine rings is 1. The molecular weight excluding hydrogens is 164 g/mol. The topological polar surface area (TPSA) is 56.0 Å². The largest absolute Gasteiger partial charge is 0.384 e. The first kappa shape index (κ1) is 9.71. The Hall–Kier alpha value is -1.38. The molecule has 1 aromatic rings. The van der Waals surface area contributed by atoms with Crippen LogP contribution in [0.2, 0.25) is 0 Å². The van der Waals surface area contributed by atoms with E-state index < -0.39 is 0 Å². The summed E-state index contributed by atoms with van der Waals surface area (Å²) in [6.07, 6.45) is 3.70. The van der Waals surface area contributed by atoms with Crippen LogP contribution in [0.15, 0.2) is 18.3 Å². The average Bonchev–Trinajstić information content (AvgIpc) is 2.16. The molecule has 0 saturated heterocycles. The van der Waals surface area contributed by atoms with Gasteiger partial charge in [-0.05, 0) is 18.1 Å². The average molecular weight is 178 g/mol. The molecule has 0 aliphatic carbocycles. The maximum atomic E-state index is 11.0. The minimum absolute atomic E-state index is 0.289. The number of nitrogen functional groups attached to an aromatic ring is 1. The Labute approximate surface area is 78.0 Å². The maximum absolute atomic E-state index is 11.0. The van der Waals surface area contributed by atoms with E-state index in [1.807, 2.05) is 13.0 Å². The number of nitrogens with two attached hydrogens (primary N) is 1. The smallest absolute Gasteiger partial charge is 0.132 e. The lowest BCUT2D eigenvalue weighted by Crippen LogP contribution is -1.98. The van der Waals surface area contributed by atoms with Crippen LogP contribution in [0.3, 0.4) is 0 Å². The molecule has 2 N–H and O–H groups in total. The van der Waals surface area contributed by atoms with Gasteiger partial charge in [0, 0.05) is 19.0 Å². The van der Waals surface area contributed by atoms with Gasteiger partial charge in [-0.2, -0.15) is 0 Å². The van der Waals surface area contributed by atoms with E-state index in [0.717, 1.165) is 12.0 Å². The molecule has 0 aromatic carbocycles. The number of aromatic nitrogens is 1. The Morgan fingerprint density at radius 2 is 2.31 bits per heavy atom. The highest BCUT2D eigenvalue weighted by atomic mass is 16.1. The van der Waals surface area contributed by atoms with Crippen LogP contribution in [0, 0.1) is 0 Å². The van der Waals surface area contributed by atoms with Gasteiger partial charge in [-0.15, -0.1) is 0 Å². The van der Waals surface area contributed by atoms with Crippen molar-refractivity contribution in [1.82, 2.24) is 4.98 Å². The summed E-state index contributed by atoms with van der Waals surface area (Å²) in [6, 6.07) is 3.66. The zero-order valence-corrected chi connectivity index (χ0v) is 7.79.